The van der Waals surface area contributed by atoms with Crippen molar-refractivity contribution in [2.75, 3.05) is 0 Å². The Labute approximate surface area is 182 Å². The van der Waals surface area contributed by atoms with Crippen LogP contribution in [0, 0.1) is 13.8 Å². The fourth-order valence-corrected chi connectivity index (χ4v) is 3.36. The van der Waals surface area contributed by atoms with E-state index in [1.54, 1.807) is 13.8 Å². The lowest BCUT2D eigenvalue weighted by Crippen LogP contribution is -1.77. The third-order valence-electron chi connectivity index (χ3n) is 5.07. The van der Waals surface area contributed by atoms with Gasteiger partial charge in [-0.15, -0.1) is 0 Å². The molecular weight excluding hydrogens is 388 g/mol. The largest absolute Gasteiger partial charge is 0.508 e. The second-order valence-electron chi connectivity index (χ2n) is 7.43. The van der Waals surface area contributed by atoms with Crippen LogP contribution in [0.2, 0.25) is 0 Å². The lowest BCUT2D eigenvalue weighted by atomic mass is 10.1. The third-order valence-corrected chi connectivity index (χ3v) is 5.07. The lowest BCUT2D eigenvalue weighted by Gasteiger charge is -1.98. The van der Waals surface area contributed by atoms with E-state index in [1.807, 2.05) is 0 Å². The summed E-state index contributed by atoms with van der Waals surface area (Å²) in [7, 11) is 0. The van der Waals surface area contributed by atoms with Gasteiger partial charge in [0.25, 0.3) is 0 Å². The molecule has 4 heteroatoms. The number of aryl methyl sites for hydroxylation is 2. The minimum Gasteiger partial charge on any atom is -0.508 e. The second kappa shape index (κ2) is 9.72. The van der Waals surface area contributed by atoms with Crippen molar-refractivity contribution in [3.05, 3.63) is 107 Å². The van der Waals surface area contributed by atoms with Crippen LogP contribution in [0.15, 0.2) is 84.9 Å². The molecule has 0 bridgehead atoms. The zero-order valence-electron chi connectivity index (χ0n) is 17.6. The summed E-state index contributed by atoms with van der Waals surface area (Å²) in [5.41, 5.74) is 7.13. The van der Waals surface area contributed by atoms with Gasteiger partial charge in [-0.25, -0.2) is 0 Å². The molecule has 1 aliphatic carbocycles. The van der Waals surface area contributed by atoms with Gasteiger partial charge in [0, 0.05) is 0 Å². The fraction of sp³-hybridized carbons (Fsp3) is 0.111. The molecule has 0 unspecified atom stereocenters. The highest BCUT2D eigenvalue weighted by Crippen LogP contribution is 2.35. The number of hydrogen-bond acceptors (Lipinski definition) is 4. The maximum Gasteiger partial charge on any atom is 0.118 e. The first-order chi connectivity index (χ1) is 14.8. The highest BCUT2D eigenvalue weighted by atomic mass is 16.3. The van der Waals surface area contributed by atoms with Gasteiger partial charge in [0.05, 0.1) is 0 Å². The van der Waals surface area contributed by atoms with Crippen molar-refractivity contribution in [2.24, 2.45) is 0 Å². The molecule has 0 radical (unpaired) electrons. The predicted octanol–water partition coefficient (Wildman–Crippen LogP) is 6.07. The molecule has 4 aromatic rings. The maximum absolute atomic E-state index is 8.93. The molecule has 0 aromatic heterocycles. The van der Waals surface area contributed by atoms with Crippen LogP contribution in [0.4, 0.5) is 0 Å². The summed E-state index contributed by atoms with van der Waals surface area (Å²) < 4.78 is 0. The highest BCUT2D eigenvalue weighted by molar-refractivity contribution is 5.76. The summed E-state index contributed by atoms with van der Waals surface area (Å²) in [5.74, 6) is 0.802. The van der Waals surface area contributed by atoms with E-state index < -0.39 is 0 Å². The van der Waals surface area contributed by atoms with Crippen molar-refractivity contribution in [1.29, 1.82) is 0 Å². The van der Waals surface area contributed by atoms with Crippen LogP contribution in [0.25, 0.3) is 11.1 Å². The smallest absolute Gasteiger partial charge is 0.118 e. The number of rotatable bonds is 0. The Balaban J connectivity index is 0.000000136. The maximum atomic E-state index is 8.93. The van der Waals surface area contributed by atoms with Crippen LogP contribution in [0.3, 0.4) is 0 Å². The molecule has 0 fully saturated rings. The Morgan fingerprint density at radius 3 is 1.26 bits per heavy atom. The summed E-state index contributed by atoms with van der Waals surface area (Å²) in [5, 5.41) is 35.5. The molecule has 0 atom stereocenters. The Morgan fingerprint density at radius 1 is 0.516 bits per heavy atom. The van der Waals surface area contributed by atoms with E-state index in [4.69, 9.17) is 20.4 Å². The Kier molecular flexibility index (Phi) is 6.83. The summed E-state index contributed by atoms with van der Waals surface area (Å²) in [6.07, 6.45) is 1.10. The first-order valence-electron chi connectivity index (χ1n) is 9.98. The monoisotopic (exact) mass is 414 g/mol. The van der Waals surface area contributed by atoms with Crippen molar-refractivity contribution >= 4 is 0 Å². The zero-order valence-corrected chi connectivity index (χ0v) is 17.6. The molecule has 1 aliphatic rings. The standard InChI is InChI=1S/C13H10.2C7H8O2/c1-3-7-12-10(5-1)9-11-6-2-4-8-13(11)12;2*1-5-4-6(8)2-3-7(5)9/h1-8H,9H2;2*2-4,8-9H,1H3. The molecule has 0 spiro atoms. The molecule has 0 saturated carbocycles. The van der Waals surface area contributed by atoms with Gasteiger partial charge in [-0.1, -0.05) is 48.5 Å². The van der Waals surface area contributed by atoms with Crippen LogP contribution >= 0.6 is 0 Å². The normalized spacial score (nSPS) is 10.6. The Morgan fingerprint density at radius 2 is 0.903 bits per heavy atom. The van der Waals surface area contributed by atoms with Gasteiger partial charge in [-0.3, -0.25) is 0 Å². The summed E-state index contributed by atoms with van der Waals surface area (Å²) >= 11 is 0. The summed E-state index contributed by atoms with van der Waals surface area (Å²) in [6, 6.07) is 26.1. The van der Waals surface area contributed by atoms with Gasteiger partial charge in [-0.05, 0) is 90.0 Å². The summed E-state index contributed by atoms with van der Waals surface area (Å²) in [6.45, 7) is 3.46. The average Bonchev–Trinajstić information content (AvgIpc) is 3.14. The first kappa shape index (κ1) is 21.8. The van der Waals surface area contributed by atoms with Crippen molar-refractivity contribution in [1.82, 2.24) is 0 Å². The number of phenolic OH excluding ortho intramolecular Hbond substituents is 4. The van der Waals surface area contributed by atoms with E-state index in [2.05, 4.69) is 48.5 Å². The van der Waals surface area contributed by atoms with E-state index in [1.165, 1.54) is 58.7 Å². The number of benzene rings is 4. The topological polar surface area (TPSA) is 80.9 Å². The zero-order chi connectivity index (χ0) is 22.4. The predicted molar refractivity (Wildman–Crippen MR) is 124 cm³/mol. The Bertz CT molecular complexity index is 1090. The van der Waals surface area contributed by atoms with Gasteiger partial charge >= 0.3 is 0 Å². The summed E-state index contributed by atoms with van der Waals surface area (Å²) in [4.78, 5) is 0. The van der Waals surface area contributed by atoms with Gasteiger partial charge < -0.3 is 20.4 Å². The minimum absolute atomic E-state index is 0.185. The number of aromatic hydroxyl groups is 4. The van der Waals surface area contributed by atoms with Gasteiger partial charge in [0.2, 0.25) is 0 Å². The molecule has 0 heterocycles. The molecule has 0 aliphatic heterocycles. The fourth-order valence-electron chi connectivity index (χ4n) is 3.36. The quantitative estimate of drug-likeness (QED) is 0.232. The van der Waals surface area contributed by atoms with E-state index >= 15 is 0 Å². The molecule has 158 valence electrons. The SMILES string of the molecule is Cc1cc(O)ccc1O.Cc1cc(O)ccc1O.c1ccc2c(c1)Cc1ccccc1-2. The molecule has 0 amide bonds. The molecular formula is C27H26O4. The van der Waals surface area contributed by atoms with Crippen molar-refractivity contribution in [3.8, 4) is 34.1 Å². The van der Waals surface area contributed by atoms with Crippen LogP contribution in [0.1, 0.15) is 22.3 Å². The highest BCUT2D eigenvalue weighted by Gasteiger charge is 2.15. The van der Waals surface area contributed by atoms with Gasteiger partial charge in [0.15, 0.2) is 0 Å². The van der Waals surface area contributed by atoms with Gasteiger partial charge in [0.1, 0.15) is 23.0 Å². The minimum atomic E-state index is 0.185. The Hall–Kier alpha value is -3.92. The molecule has 5 rings (SSSR count). The molecule has 4 N–H and O–H groups in total. The van der Waals surface area contributed by atoms with Crippen molar-refractivity contribution in [3.63, 3.8) is 0 Å². The van der Waals surface area contributed by atoms with E-state index in [0.717, 1.165) is 6.42 Å². The van der Waals surface area contributed by atoms with E-state index in [9.17, 15) is 0 Å². The lowest BCUT2D eigenvalue weighted by molar-refractivity contribution is 0.456. The average molecular weight is 415 g/mol. The van der Waals surface area contributed by atoms with Crippen LogP contribution in [0.5, 0.6) is 23.0 Å². The molecule has 0 saturated heterocycles. The van der Waals surface area contributed by atoms with Crippen LogP contribution in [-0.2, 0) is 6.42 Å². The van der Waals surface area contributed by atoms with E-state index in [0.29, 0.717) is 11.1 Å². The van der Waals surface area contributed by atoms with Crippen molar-refractivity contribution in [2.45, 2.75) is 20.3 Å². The molecule has 4 aromatic carbocycles. The number of phenols is 4. The first-order valence-corrected chi connectivity index (χ1v) is 9.98. The number of fused-ring (bicyclic) bond motifs is 3. The van der Waals surface area contributed by atoms with Crippen LogP contribution < -0.4 is 0 Å². The molecule has 31 heavy (non-hydrogen) atoms. The second-order valence-corrected chi connectivity index (χ2v) is 7.43. The van der Waals surface area contributed by atoms with E-state index in [-0.39, 0.29) is 23.0 Å². The molecule has 4 nitrogen and oxygen atoms in total. The third kappa shape index (κ3) is 5.58. The van der Waals surface area contributed by atoms with Gasteiger partial charge in [-0.2, -0.15) is 0 Å². The number of hydrogen-bond donors (Lipinski definition) is 4. The van der Waals surface area contributed by atoms with Crippen molar-refractivity contribution < 1.29 is 20.4 Å². The van der Waals surface area contributed by atoms with Crippen LogP contribution in [-0.4, -0.2) is 20.4 Å².